The normalized spacial score (nSPS) is 18.0. The molecule has 2 N–H and O–H groups in total. The predicted octanol–water partition coefficient (Wildman–Crippen LogP) is 4.50. The molecular formula is C24H26FN5O3. The zero-order valence-corrected chi connectivity index (χ0v) is 18.5. The van der Waals surface area contributed by atoms with E-state index in [4.69, 9.17) is 4.98 Å². The number of carbonyl (C=O) groups excluding carboxylic acids is 1. The highest BCUT2D eigenvalue weighted by molar-refractivity contribution is 5.95. The summed E-state index contributed by atoms with van der Waals surface area (Å²) in [6.45, 7) is 0. The lowest BCUT2D eigenvalue weighted by Crippen LogP contribution is -2.40. The zero-order chi connectivity index (χ0) is 23.5. The van der Waals surface area contributed by atoms with E-state index in [1.807, 2.05) is 38.4 Å². The van der Waals surface area contributed by atoms with E-state index in [1.165, 1.54) is 0 Å². The number of hydrogen-bond acceptors (Lipinski definition) is 6. The number of nitro benzene ring substituents is 1. The first-order valence-electron chi connectivity index (χ1n) is 10.9. The molecule has 172 valence electrons. The highest BCUT2D eigenvalue weighted by Gasteiger charge is 2.25. The number of hydrogen-bond donors (Lipinski definition) is 2. The number of fused-ring (bicyclic) bond motifs is 1. The van der Waals surface area contributed by atoms with Crippen LogP contribution in [-0.2, 0) is 0 Å². The molecule has 1 saturated carbocycles. The smallest absolute Gasteiger partial charge is 0.272 e. The minimum Gasteiger partial charge on any atom is -0.377 e. The van der Waals surface area contributed by atoms with Gasteiger partial charge in [0.2, 0.25) is 0 Å². The number of anilines is 2. The van der Waals surface area contributed by atoms with Crippen molar-refractivity contribution in [3.63, 3.8) is 0 Å². The maximum absolute atomic E-state index is 14.1. The summed E-state index contributed by atoms with van der Waals surface area (Å²) in [5.41, 5.74) is 1.46. The molecule has 0 unspecified atom stereocenters. The Labute approximate surface area is 191 Å². The van der Waals surface area contributed by atoms with Gasteiger partial charge in [-0.3, -0.25) is 14.9 Å². The van der Waals surface area contributed by atoms with Gasteiger partial charge in [-0.25, -0.2) is 9.37 Å². The van der Waals surface area contributed by atoms with Crippen molar-refractivity contribution in [1.29, 1.82) is 0 Å². The van der Waals surface area contributed by atoms with Crippen molar-refractivity contribution >= 4 is 34.0 Å². The molecule has 1 aliphatic rings. The van der Waals surface area contributed by atoms with Gasteiger partial charge in [0.15, 0.2) is 0 Å². The van der Waals surface area contributed by atoms with Gasteiger partial charge in [0.1, 0.15) is 11.6 Å². The van der Waals surface area contributed by atoms with Crippen molar-refractivity contribution in [2.75, 3.05) is 24.3 Å². The van der Waals surface area contributed by atoms with E-state index in [1.54, 1.807) is 0 Å². The number of benzene rings is 2. The van der Waals surface area contributed by atoms with Crippen LogP contribution in [0.5, 0.6) is 0 Å². The highest BCUT2D eigenvalue weighted by atomic mass is 19.1. The summed E-state index contributed by atoms with van der Waals surface area (Å²) in [5.74, 6) is -0.625. The summed E-state index contributed by atoms with van der Waals surface area (Å²) in [5, 5.41) is 18.2. The van der Waals surface area contributed by atoms with Gasteiger partial charge >= 0.3 is 0 Å². The molecule has 9 heteroatoms. The maximum Gasteiger partial charge on any atom is 0.272 e. The molecule has 4 rings (SSSR count). The lowest BCUT2D eigenvalue weighted by molar-refractivity contribution is -0.385. The Hall–Kier alpha value is -3.75. The third-order valence-electron chi connectivity index (χ3n) is 6.00. The van der Waals surface area contributed by atoms with Gasteiger partial charge in [-0.15, -0.1) is 0 Å². The Kier molecular flexibility index (Phi) is 6.39. The van der Waals surface area contributed by atoms with Gasteiger partial charge < -0.3 is 15.5 Å². The molecule has 2 aromatic carbocycles. The van der Waals surface area contributed by atoms with E-state index >= 15 is 0 Å². The number of pyridine rings is 1. The number of halogens is 1. The number of aromatic nitrogens is 1. The molecule has 33 heavy (non-hydrogen) atoms. The summed E-state index contributed by atoms with van der Waals surface area (Å²) >= 11 is 0. The molecule has 0 atom stereocenters. The zero-order valence-electron chi connectivity index (χ0n) is 18.5. The predicted molar refractivity (Wildman–Crippen MR) is 126 cm³/mol. The van der Waals surface area contributed by atoms with Gasteiger partial charge in [0, 0.05) is 49.4 Å². The van der Waals surface area contributed by atoms with Crippen molar-refractivity contribution in [3.8, 4) is 0 Å². The van der Waals surface area contributed by atoms with E-state index in [0.29, 0.717) is 0 Å². The molecular weight excluding hydrogens is 425 g/mol. The third kappa shape index (κ3) is 5.02. The Balaban J connectivity index is 1.37. The van der Waals surface area contributed by atoms with Crippen LogP contribution in [-0.4, -0.2) is 42.0 Å². The van der Waals surface area contributed by atoms with Crippen molar-refractivity contribution in [3.05, 3.63) is 70.0 Å². The lowest BCUT2D eigenvalue weighted by Gasteiger charge is -2.30. The molecule has 1 fully saturated rings. The summed E-state index contributed by atoms with van der Waals surface area (Å²) in [4.78, 5) is 29.3. The SMILES string of the molecule is CN(C)c1cc(NC2CCC(NC(=O)c3ccc([N+](=O)[O-])cc3F)CC2)nc2ccccc12. The average molecular weight is 452 g/mol. The van der Waals surface area contributed by atoms with Crippen LogP contribution in [0.4, 0.5) is 21.6 Å². The number of nitro groups is 1. The van der Waals surface area contributed by atoms with Crippen LogP contribution >= 0.6 is 0 Å². The van der Waals surface area contributed by atoms with Crippen molar-refractivity contribution < 1.29 is 14.1 Å². The Morgan fingerprint density at radius 3 is 2.45 bits per heavy atom. The van der Waals surface area contributed by atoms with Crippen LogP contribution in [0.15, 0.2) is 48.5 Å². The Morgan fingerprint density at radius 1 is 1.09 bits per heavy atom. The molecule has 8 nitrogen and oxygen atoms in total. The minimum absolute atomic E-state index is 0.0768. The monoisotopic (exact) mass is 451 g/mol. The number of nitrogens with zero attached hydrogens (tertiary/aromatic N) is 3. The molecule has 0 bridgehead atoms. The lowest BCUT2D eigenvalue weighted by atomic mass is 9.91. The second-order valence-electron chi connectivity index (χ2n) is 8.53. The summed E-state index contributed by atoms with van der Waals surface area (Å²) < 4.78 is 14.1. The first-order chi connectivity index (χ1) is 15.8. The fraction of sp³-hybridized carbons (Fsp3) is 0.333. The van der Waals surface area contributed by atoms with E-state index in [0.717, 1.165) is 66.3 Å². The van der Waals surface area contributed by atoms with E-state index in [2.05, 4.69) is 21.6 Å². The van der Waals surface area contributed by atoms with Gasteiger partial charge in [-0.1, -0.05) is 18.2 Å². The maximum atomic E-state index is 14.1. The third-order valence-corrected chi connectivity index (χ3v) is 6.00. The van der Waals surface area contributed by atoms with Gasteiger partial charge in [0.05, 0.1) is 22.1 Å². The van der Waals surface area contributed by atoms with Gasteiger partial charge in [-0.05, 0) is 37.8 Å². The second-order valence-corrected chi connectivity index (χ2v) is 8.53. The molecule has 0 aliphatic heterocycles. The van der Waals surface area contributed by atoms with E-state index in [9.17, 15) is 19.3 Å². The molecule has 0 spiro atoms. The quantitative estimate of drug-likeness (QED) is 0.423. The van der Waals surface area contributed by atoms with Crippen molar-refractivity contribution in [2.24, 2.45) is 0 Å². The molecule has 0 radical (unpaired) electrons. The van der Waals surface area contributed by atoms with Crippen molar-refractivity contribution in [2.45, 2.75) is 37.8 Å². The summed E-state index contributed by atoms with van der Waals surface area (Å²) in [7, 11) is 4.01. The number of rotatable bonds is 6. The number of amides is 1. The van der Waals surface area contributed by atoms with Crippen LogP contribution in [0.3, 0.4) is 0 Å². The molecule has 1 aromatic heterocycles. The topological polar surface area (TPSA) is 100 Å². The van der Waals surface area contributed by atoms with E-state index in [-0.39, 0.29) is 23.3 Å². The molecule has 1 aliphatic carbocycles. The van der Waals surface area contributed by atoms with E-state index < -0.39 is 16.6 Å². The first kappa shape index (κ1) is 22.4. The molecule has 1 heterocycles. The van der Waals surface area contributed by atoms with Gasteiger partial charge in [-0.2, -0.15) is 0 Å². The number of carbonyl (C=O) groups is 1. The minimum atomic E-state index is -0.892. The molecule has 1 amide bonds. The van der Waals surface area contributed by atoms with Crippen LogP contribution in [0.25, 0.3) is 10.9 Å². The number of non-ortho nitro benzene ring substituents is 1. The first-order valence-corrected chi connectivity index (χ1v) is 10.9. The van der Waals surface area contributed by atoms with Crippen LogP contribution in [0.1, 0.15) is 36.0 Å². The summed E-state index contributed by atoms with van der Waals surface area (Å²) in [6, 6.07) is 13.3. The largest absolute Gasteiger partial charge is 0.377 e. The number of nitrogens with one attached hydrogen (secondary N) is 2. The van der Waals surface area contributed by atoms with Crippen LogP contribution in [0, 0.1) is 15.9 Å². The van der Waals surface area contributed by atoms with Crippen LogP contribution in [0.2, 0.25) is 0 Å². The highest BCUT2D eigenvalue weighted by Crippen LogP contribution is 2.29. The molecule has 3 aromatic rings. The fourth-order valence-electron chi connectivity index (χ4n) is 4.26. The second kappa shape index (κ2) is 9.40. The molecule has 0 saturated heterocycles. The fourth-order valence-corrected chi connectivity index (χ4v) is 4.26. The van der Waals surface area contributed by atoms with Crippen molar-refractivity contribution in [1.82, 2.24) is 10.3 Å². The summed E-state index contributed by atoms with van der Waals surface area (Å²) in [6.07, 6.45) is 3.15. The Morgan fingerprint density at radius 2 is 1.79 bits per heavy atom. The average Bonchev–Trinajstić information content (AvgIpc) is 2.79. The standard InChI is InChI=1S/C24H26FN5O3/c1-29(2)22-14-23(28-21-6-4-3-5-19(21)22)26-15-7-9-16(10-8-15)27-24(31)18-12-11-17(30(32)33)13-20(18)25/h3-6,11-16H,7-10H2,1-2H3,(H,26,28)(H,27,31). The van der Waals surface area contributed by atoms with Gasteiger partial charge in [0.25, 0.3) is 11.6 Å². The number of para-hydroxylation sites is 1. The van der Waals surface area contributed by atoms with Crippen LogP contribution < -0.4 is 15.5 Å². The Bertz CT molecular complexity index is 1190.